The summed E-state index contributed by atoms with van der Waals surface area (Å²) in [5, 5.41) is 2.76. The number of pyridine rings is 1. The summed E-state index contributed by atoms with van der Waals surface area (Å²) < 4.78 is 12.9. The number of carbonyl (C=O) groups excluding carboxylic acids is 1. The third kappa shape index (κ3) is 3.64. The third-order valence-electron chi connectivity index (χ3n) is 3.68. The van der Waals surface area contributed by atoms with Crippen LogP contribution in [0.5, 0.6) is 0 Å². The number of nitrogens with two attached hydrogens (primary N) is 1. The molecular weight excluding hydrogens is 305 g/mol. The Hall–Kier alpha value is -3.05. The molecule has 1 aromatic heterocycles. The lowest BCUT2D eigenvalue weighted by molar-refractivity contribution is -0.117. The van der Waals surface area contributed by atoms with Gasteiger partial charge in [0.05, 0.1) is 0 Å². The number of aromatic nitrogens is 1. The van der Waals surface area contributed by atoms with Crippen LogP contribution in [0.2, 0.25) is 0 Å². The maximum absolute atomic E-state index is 12.9. The first-order valence-corrected chi connectivity index (χ1v) is 7.46. The van der Waals surface area contributed by atoms with Gasteiger partial charge in [0, 0.05) is 18.1 Å². The van der Waals surface area contributed by atoms with Crippen LogP contribution >= 0.6 is 0 Å². The molecule has 0 unspecified atom stereocenters. The van der Waals surface area contributed by atoms with E-state index in [0.717, 1.165) is 11.1 Å². The van der Waals surface area contributed by atoms with Gasteiger partial charge in [-0.3, -0.25) is 9.78 Å². The maximum atomic E-state index is 12.9. The van der Waals surface area contributed by atoms with Gasteiger partial charge < -0.3 is 11.1 Å². The van der Waals surface area contributed by atoms with Crippen molar-refractivity contribution < 1.29 is 9.18 Å². The molecule has 0 radical (unpaired) electrons. The molecule has 5 heteroatoms. The van der Waals surface area contributed by atoms with Gasteiger partial charge in [-0.15, -0.1) is 0 Å². The molecule has 3 N–H and O–H groups in total. The zero-order chi connectivity index (χ0) is 16.9. The molecule has 0 saturated heterocycles. The maximum Gasteiger partial charge on any atom is 0.245 e. The molecule has 0 aliphatic carbocycles. The quantitative estimate of drug-likeness (QED) is 0.772. The number of nitrogens with zero attached hydrogens (tertiary/aromatic N) is 1. The Kier molecular flexibility index (Phi) is 4.63. The smallest absolute Gasteiger partial charge is 0.245 e. The summed E-state index contributed by atoms with van der Waals surface area (Å²) in [6.45, 7) is 0. The minimum absolute atomic E-state index is 0.349. The third-order valence-corrected chi connectivity index (χ3v) is 3.68. The predicted molar refractivity (Wildman–Crippen MR) is 91.6 cm³/mol. The van der Waals surface area contributed by atoms with Gasteiger partial charge >= 0.3 is 0 Å². The lowest BCUT2D eigenvalue weighted by Gasteiger charge is -2.13. The van der Waals surface area contributed by atoms with Crippen molar-refractivity contribution in [2.24, 2.45) is 5.73 Å². The summed E-state index contributed by atoms with van der Waals surface area (Å²) in [7, 11) is 0. The molecule has 0 fully saturated rings. The van der Waals surface area contributed by atoms with Gasteiger partial charge in [-0.05, 0) is 53.1 Å². The highest BCUT2D eigenvalue weighted by Crippen LogP contribution is 2.21. The molecule has 3 aromatic rings. The topological polar surface area (TPSA) is 68.0 Å². The van der Waals surface area contributed by atoms with Gasteiger partial charge in [-0.1, -0.05) is 24.3 Å². The van der Waals surface area contributed by atoms with Crippen LogP contribution in [0.3, 0.4) is 0 Å². The number of anilines is 1. The van der Waals surface area contributed by atoms with Gasteiger partial charge in [0.1, 0.15) is 11.9 Å². The molecular formula is C19H16FN3O. The molecule has 4 nitrogen and oxygen atoms in total. The van der Waals surface area contributed by atoms with Crippen molar-refractivity contribution in [1.29, 1.82) is 0 Å². The molecule has 0 aliphatic rings. The summed E-state index contributed by atoms with van der Waals surface area (Å²) in [5.74, 6) is -0.712. The van der Waals surface area contributed by atoms with Crippen molar-refractivity contribution >= 4 is 11.6 Å². The van der Waals surface area contributed by atoms with Crippen molar-refractivity contribution in [2.45, 2.75) is 6.04 Å². The number of hydrogen-bond acceptors (Lipinski definition) is 3. The largest absolute Gasteiger partial charge is 0.324 e. The van der Waals surface area contributed by atoms with E-state index in [1.807, 2.05) is 36.4 Å². The lowest BCUT2D eigenvalue weighted by atomic mass is 10.1. The Morgan fingerprint density at radius 1 is 0.917 bits per heavy atom. The zero-order valence-corrected chi connectivity index (χ0v) is 12.8. The molecule has 120 valence electrons. The van der Waals surface area contributed by atoms with Crippen molar-refractivity contribution in [1.82, 2.24) is 4.98 Å². The molecule has 2 aromatic carbocycles. The number of hydrogen-bond donors (Lipinski definition) is 2. The fourth-order valence-corrected chi connectivity index (χ4v) is 2.33. The van der Waals surface area contributed by atoms with Crippen LogP contribution in [0.15, 0.2) is 73.1 Å². The fraction of sp³-hybridized carbons (Fsp3) is 0.0526. The average molecular weight is 321 g/mol. The molecule has 3 rings (SSSR count). The molecule has 0 bridgehead atoms. The minimum Gasteiger partial charge on any atom is -0.324 e. The highest BCUT2D eigenvalue weighted by atomic mass is 19.1. The first-order valence-electron chi connectivity index (χ1n) is 7.46. The fourth-order valence-electron chi connectivity index (χ4n) is 2.33. The summed E-state index contributed by atoms with van der Waals surface area (Å²) in [5.41, 5.74) is 9.20. The number of amides is 1. The van der Waals surface area contributed by atoms with E-state index >= 15 is 0 Å². The summed E-state index contributed by atoms with van der Waals surface area (Å²) in [4.78, 5) is 16.2. The van der Waals surface area contributed by atoms with Crippen LogP contribution < -0.4 is 11.1 Å². The monoisotopic (exact) mass is 321 g/mol. The van der Waals surface area contributed by atoms with E-state index in [2.05, 4.69) is 10.3 Å². The second kappa shape index (κ2) is 7.02. The average Bonchev–Trinajstić information content (AvgIpc) is 2.63. The molecule has 1 amide bonds. The van der Waals surface area contributed by atoms with Crippen LogP contribution in [0.1, 0.15) is 11.6 Å². The van der Waals surface area contributed by atoms with Crippen LogP contribution in [0, 0.1) is 5.82 Å². The number of halogens is 1. The Bertz CT molecular complexity index is 817. The number of carbonyl (C=O) groups is 1. The molecule has 0 aliphatic heterocycles. The van der Waals surface area contributed by atoms with Gasteiger partial charge in [-0.25, -0.2) is 4.39 Å². The van der Waals surface area contributed by atoms with Crippen LogP contribution in [-0.4, -0.2) is 10.9 Å². The second-order valence-electron chi connectivity index (χ2n) is 5.33. The van der Waals surface area contributed by atoms with Gasteiger partial charge in [-0.2, -0.15) is 0 Å². The van der Waals surface area contributed by atoms with E-state index < -0.39 is 6.04 Å². The van der Waals surface area contributed by atoms with Gasteiger partial charge in [0.15, 0.2) is 0 Å². The van der Waals surface area contributed by atoms with Crippen molar-refractivity contribution in [2.75, 3.05) is 5.32 Å². The normalized spacial score (nSPS) is 11.8. The summed E-state index contributed by atoms with van der Waals surface area (Å²) in [6.07, 6.45) is 3.46. The number of nitrogens with one attached hydrogen (secondary N) is 1. The van der Waals surface area contributed by atoms with Crippen LogP contribution in [-0.2, 0) is 4.79 Å². The van der Waals surface area contributed by atoms with Gasteiger partial charge in [0.2, 0.25) is 5.91 Å². The predicted octanol–water partition coefficient (Wildman–Crippen LogP) is 3.53. The van der Waals surface area contributed by atoms with E-state index in [1.54, 1.807) is 12.4 Å². The Morgan fingerprint density at radius 3 is 2.12 bits per heavy atom. The zero-order valence-electron chi connectivity index (χ0n) is 12.8. The second-order valence-corrected chi connectivity index (χ2v) is 5.33. The number of benzene rings is 2. The van der Waals surface area contributed by atoms with E-state index in [-0.39, 0.29) is 11.7 Å². The van der Waals surface area contributed by atoms with Crippen LogP contribution in [0.25, 0.3) is 11.1 Å². The van der Waals surface area contributed by atoms with E-state index in [0.29, 0.717) is 11.3 Å². The summed E-state index contributed by atoms with van der Waals surface area (Å²) in [6, 6.07) is 16.0. The standard InChI is InChI=1S/C19H16FN3O/c20-16-5-1-15(2-6-16)18(21)19(24)23-17-7-3-13(4-8-17)14-9-11-22-12-10-14/h1-12,18H,21H2,(H,23,24)/t18-/m0/s1. The van der Waals surface area contributed by atoms with Gasteiger partial charge in [0.25, 0.3) is 0 Å². The Balaban J connectivity index is 1.69. The first kappa shape index (κ1) is 15.8. The Labute approximate surface area is 139 Å². The molecule has 1 heterocycles. The van der Waals surface area contributed by atoms with E-state index in [1.165, 1.54) is 24.3 Å². The van der Waals surface area contributed by atoms with E-state index in [9.17, 15) is 9.18 Å². The summed E-state index contributed by atoms with van der Waals surface area (Å²) >= 11 is 0. The van der Waals surface area contributed by atoms with E-state index in [4.69, 9.17) is 5.73 Å². The number of rotatable bonds is 4. The lowest BCUT2D eigenvalue weighted by Crippen LogP contribution is -2.27. The van der Waals surface area contributed by atoms with Crippen molar-refractivity contribution in [3.63, 3.8) is 0 Å². The molecule has 24 heavy (non-hydrogen) atoms. The molecule has 1 atom stereocenters. The highest BCUT2D eigenvalue weighted by Gasteiger charge is 2.15. The van der Waals surface area contributed by atoms with Crippen molar-refractivity contribution in [3.8, 4) is 11.1 Å². The minimum atomic E-state index is -0.856. The SMILES string of the molecule is N[C@H](C(=O)Nc1ccc(-c2ccncc2)cc1)c1ccc(F)cc1. The van der Waals surface area contributed by atoms with Crippen molar-refractivity contribution in [3.05, 3.63) is 84.4 Å². The molecule has 0 saturated carbocycles. The highest BCUT2D eigenvalue weighted by molar-refractivity contribution is 5.95. The molecule has 0 spiro atoms. The Morgan fingerprint density at radius 2 is 1.50 bits per heavy atom. The van der Waals surface area contributed by atoms with Crippen LogP contribution in [0.4, 0.5) is 10.1 Å². The first-order chi connectivity index (χ1) is 11.6.